The number of aliphatic carboxylic acids is 1. The number of carbonyl (C=O) groups excluding carboxylic acids is 10. The van der Waals surface area contributed by atoms with Gasteiger partial charge in [0, 0.05) is 31.7 Å². The summed E-state index contributed by atoms with van der Waals surface area (Å²) in [6.45, 7) is 4.26. The molecule has 72 heavy (non-hydrogen) atoms. The van der Waals surface area contributed by atoms with Crippen molar-refractivity contribution in [3.05, 3.63) is 0 Å². The summed E-state index contributed by atoms with van der Waals surface area (Å²) >= 11 is 5.62. The smallest absolute Gasteiger partial charge is 0.326 e. The number of guanidine groups is 2. The molecule has 0 fully saturated rings. The van der Waals surface area contributed by atoms with Crippen LogP contribution in [-0.4, -0.2) is 168 Å². The zero-order valence-corrected chi connectivity index (χ0v) is 42.7. The second-order valence-electron chi connectivity index (χ2n) is 16.8. The van der Waals surface area contributed by atoms with Crippen molar-refractivity contribution >= 4 is 101 Å². The zero-order chi connectivity index (χ0) is 55.1. The standard InChI is InChI=1S/C41H75N17O12S2/c1-20(2)17-27(37(67)57-26(39(69)70)8-6-15-50-41(47)48)58-36(66)25(10-12-30(44)60)55-35(65)24(9-11-29(43)59)56-38(68)28(19-71)53-31(61)18-51-34(64)23(7-5-14-49-40(45)46)54-32(62)21(3)52-33(63)22(42)13-16-72-4/h20-28,71H,5-19,42H2,1-4H3,(H2,43,59)(H2,44,60)(H,51,64)(H,52,63)(H,53,61)(H,54,62)(H,55,65)(H,56,68)(H,57,67)(H,58,66)(H,69,70)(H4,45,46,49)(H4,47,48,50)/t21-,22-,23-,24-,25-,26-,27-,28-/m0/s1. The molecule has 29 nitrogen and oxygen atoms in total. The van der Waals surface area contributed by atoms with E-state index in [1.807, 2.05) is 6.26 Å². The van der Waals surface area contributed by atoms with Gasteiger partial charge in [-0.25, -0.2) is 4.79 Å². The monoisotopic (exact) mass is 1060 g/mol. The van der Waals surface area contributed by atoms with E-state index in [9.17, 15) is 57.8 Å². The predicted octanol–water partition coefficient (Wildman–Crippen LogP) is -6.70. The van der Waals surface area contributed by atoms with Crippen LogP contribution in [0.1, 0.15) is 85.0 Å². The normalized spacial score (nSPS) is 14.2. The van der Waals surface area contributed by atoms with Crippen molar-refractivity contribution in [1.29, 1.82) is 0 Å². The fourth-order valence-corrected chi connectivity index (χ4v) is 6.97. The summed E-state index contributed by atoms with van der Waals surface area (Å²) in [5, 5.41) is 29.1. The van der Waals surface area contributed by atoms with Gasteiger partial charge in [-0.15, -0.1) is 0 Å². The van der Waals surface area contributed by atoms with E-state index in [2.05, 4.69) is 65.1 Å². The number of thioether (sulfide) groups is 1. The maximum Gasteiger partial charge on any atom is 0.326 e. The van der Waals surface area contributed by atoms with Gasteiger partial charge in [0.05, 0.1) is 12.6 Å². The van der Waals surface area contributed by atoms with Gasteiger partial charge in [0.2, 0.25) is 59.1 Å². The number of amides is 10. The largest absolute Gasteiger partial charge is 0.480 e. The molecule has 0 aromatic heterocycles. The minimum atomic E-state index is -1.61. The maximum atomic E-state index is 13.8. The van der Waals surface area contributed by atoms with E-state index in [0.29, 0.717) is 12.2 Å². The van der Waals surface area contributed by atoms with Crippen LogP contribution >= 0.6 is 24.4 Å². The molecule has 23 N–H and O–H groups in total. The number of hydrogen-bond acceptors (Lipinski definition) is 16. The Morgan fingerprint density at radius 1 is 0.542 bits per heavy atom. The highest BCUT2D eigenvalue weighted by atomic mass is 32.2. The Labute approximate surface area is 427 Å². The van der Waals surface area contributed by atoms with Crippen molar-refractivity contribution in [2.75, 3.05) is 37.4 Å². The van der Waals surface area contributed by atoms with Crippen LogP contribution in [0.2, 0.25) is 0 Å². The molecule has 408 valence electrons. The van der Waals surface area contributed by atoms with Crippen LogP contribution < -0.4 is 82.7 Å². The molecule has 8 atom stereocenters. The first kappa shape index (κ1) is 65.4. The maximum absolute atomic E-state index is 13.8. The number of aliphatic imine (C=N–C) groups is 2. The molecular formula is C41H75N17O12S2. The van der Waals surface area contributed by atoms with Gasteiger partial charge in [0.1, 0.15) is 42.3 Å². The number of carbonyl (C=O) groups is 11. The average Bonchev–Trinajstić information content (AvgIpc) is 3.29. The Morgan fingerprint density at radius 2 is 0.972 bits per heavy atom. The molecule has 0 saturated carbocycles. The van der Waals surface area contributed by atoms with Crippen LogP contribution in [0.15, 0.2) is 9.98 Å². The molecule has 0 rings (SSSR count). The van der Waals surface area contributed by atoms with Crippen LogP contribution in [0.3, 0.4) is 0 Å². The van der Waals surface area contributed by atoms with Gasteiger partial charge in [-0.05, 0) is 76.2 Å². The van der Waals surface area contributed by atoms with Crippen LogP contribution in [0.5, 0.6) is 0 Å². The van der Waals surface area contributed by atoms with Crippen LogP contribution in [-0.2, 0) is 52.7 Å². The first-order valence-corrected chi connectivity index (χ1v) is 24.9. The summed E-state index contributed by atoms with van der Waals surface area (Å²) in [7, 11) is 0. The van der Waals surface area contributed by atoms with Crippen molar-refractivity contribution < 1.29 is 57.8 Å². The third-order valence-electron chi connectivity index (χ3n) is 10.1. The summed E-state index contributed by atoms with van der Waals surface area (Å²) < 4.78 is 0. The van der Waals surface area contributed by atoms with Crippen molar-refractivity contribution in [2.45, 2.75) is 133 Å². The number of nitrogens with two attached hydrogens (primary N) is 7. The van der Waals surface area contributed by atoms with Crippen molar-refractivity contribution in [2.24, 2.45) is 56.0 Å². The summed E-state index contributed by atoms with van der Waals surface area (Å²) in [6, 6.07) is -10.7. The molecule has 0 saturated heterocycles. The lowest BCUT2D eigenvalue weighted by Gasteiger charge is -2.27. The number of rotatable bonds is 37. The Bertz CT molecular complexity index is 1920. The first-order chi connectivity index (χ1) is 33.7. The first-order valence-electron chi connectivity index (χ1n) is 22.9. The highest BCUT2D eigenvalue weighted by molar-refractivity contribution is 7.98. The summed E-state index contributed by atoms with van der Waals surface area (Å²) in [4.78, 5) is 150. The quantitative estimate of drug-likeness (QED) is 0.0119. The third kappa shape index (κ3) is 28.9. The molecular weight excluding hydrogens is 987 g/mol. The molecule has 0 aromatic carbocycles. The van der Waals surface area contributed by atoms with E-state index in [0.717, 1.165) is 0 Å². The highest BCUT2D eigenvalue weighted by Crippen LogP contribution is 2.10. The average molecular weight is 1060 g/mol. The van der Waals surface area contributed by atoms with Crippen molar-refractivity contribution in [1.82, 2.24) is 42.5 Å². The molecule has 0 radical (unpaired) electrons. The van der Waals surface area contributed by atoms with Gasteiger partial charge >= 0.3 is 5.97 Å². The number of carboxylic acids is 1. The molecule has 0 aliphatic rings. The van der Waals surface area contributed by atoms with Gasteiger partial charge in [-0.1, -0.05) is 13.8 Å². The third-order valence-corrected chi connectivity index (χ3v) is 11.1. The minimum absolute atomic E-state index is 0.00102. The summed E-state index contributed by atoms with van der Waals surface area (Å²) in [5.41, 5.74) is 38.0. The Hall–Kier alpha value is -6.63. The molecule has 0 spiro atoms. The fourth-order valence-electron chi connectivity index (χ4n) is 6.22. The molecule has 0 aliphatic heterocycles. The lowest BCUT2D eigenvalue weighted by Crippen LogP contribution is -2.59. The topological polar surface area (TPSA) is 511 Å². The highest BCUT2D eigenvalue weighted by Gasteiger charge is 2.33. The SMILES string of the molecule is CSCC[C@H](N)C(=O)N[C@@H](C)C(=O)N[C@@H](CCCN=C(N)N)C(=O)NCC(=O)N[C@@H](CS)C(=O)N[C@@H](CCC(N)=O)C(=O)N[C@@H](CCC(N)=O)C(=O)N[C@@H](CC(C)C)C(=O)N[C@@H](CCCN=C(N)N)C(=O)O. The van der Waals surface area contributed by atoms with Gasteiger partial charge in [0.15, 0.2) is 11.9 Å². The number of primary amides is 2. The molecule has 10 amide bonds. The van der Waals surface area contributed by atoms with Crippen LogP contribution in [0.25, 0.3) is 0 Å². The molecule has 31 heteroatoms. The minimum Gasteiger partial charge on any atom is -0.480 e. The zero-order valence-electron chi connectivity index (χ0n) is 41.0. The van der Waals surface area contributed by atoms with E-state index < -0.39 is 146 Å². The second kappa shape index (κ2) is 35.5. The fraction of sp³-hybridized carbons (Fsp3) is 0.683. The van der Waals surface area contributed by atoms with Gasteiger partial charge < -0.3 is 87.8 Å². The Kier molecular flexibility index (Phi) is 32.2. The van der Waals surface area contributed by atoms with E-state index >= 15 is 0 Å². The van der Waals surface area contributed by atoms with Crippen LogP contribution in [0.4, 0.5) is 0 Å². The van der Waals surface area contributed by atoms with Crippen molar-refractivity contribution in [3.63, 3.8) is 0 Å². The van der Waals surface area contributed by atoms with Gasteiger partial charge in [-0.3, -0.25) is 57.9 Å². The molecule has 0 heterocycles. The van der Waals surface area contributed by atoms with Crippen LogP contribution in [0, 0.1) is 5.92 Å². The number of thiol groups is 1. The van der Waals surface area contributed by atoms with E-state index in [1.54, 1.807) is 13.8 Å². The van der Waals surface area contributed by atoms with E-state index in [4.69, 9.17) is 40.1 Å². The summed E-state index contributed by atoms with van der Waals surface area (Å²) in [6.07, 6.45) is 0.730. The lowest BCUT2D eigenvalue weighted by atomic mass is 10.0. The molecule has 0 aliphatic carbocycles. The van der Waals surface area contributed by atoms with E-state index in [-0.39, 0.29) is 68.8 Å². The Morgan fingerprint density at radius 3 is 1.42 bits per heavy atom. The molecule has 0 bridgehead atoms. The Balaban J connectivity index is 6.18. The molecule has 0 aromatic rings. The lowest BCUT2D eigenvalue weighted by molar-refractivity contribution is -0.142. The predicted molar refractivity (Wildman–Crippen MR) is 271 cm³/mol. The molecule has 0 unspecified atom stereocenters. The van der Waals surface area contributed by atoms with Gasteiger partial charge in [-0.2, -0.15) is 24.4 Å². The number of carboxylic acid groups (broad SMARTS) is 1. The number of hydrogen-bond donors (Lipinski definition) is 17. The van der Waals surface area contributed by atoms with Gasteiger partial charge in [0.25, 0.3) is 0 Å². The van der Waals surface area contributed by atoms with Crippen molar-refractivity contribution in [3.8, 4) is 0 Å². The number of nitrogens with zero attached hydrogens (tertiary/aromatic N) is 2. The number of nitrogens with one attached hydrogen (secondary N) is 8. The van der Waals surface area contributed by atoms with E-state index in [1.165, 1.54) is 18.7 Å². The summed E-state index contributed by atoms with van der Waals surface area (Å²) in [5.74, 6) is -10.6. The second-order valence-corrected chi connectivity index (χ2v) is 18.2.